The second-order valence-corrected chi connectivity index (χ2v) is 10.4. The molecule has 3 aromatic rings. The van der Waals surface area contributed by atoms with E-state index >= 15 is 0 Å². The number of nitrogens with two attached hydrogens (primary N) is 1. The number of hydrogen-bond donors (Lipinski definition) is 2. The molecule has 7 heteroatoms. The molecule has 5 nitrogen and oxygen atoms in total. The van der Waals surface area contributed by atoms with Crippen LogP contribution in [0, 0.1) is 23.1 Å². The maximum absolute atomic E-state index is 13.9. The molecule has 2 saturated heterocycles. The van der Waals surface area contributed by atoms with E-state index in [2.05, 4.69) is 35.8 Å². The molecule has 3 atom stereocenters. The van der Waals surface area contributed by atoms with Crippen molar-refractivity contribution in [2.45, 2.75) is 58.5 Å². The second-order valence-electron chi connectivity index (χ2n) is 10.0. The number of hydrogen-bond acceptors (Lipinski definition) is 5. The molecule has 6 rings (SSSR count). The van der Waals surface area contributed by atoms with Gasteiger partial charge < -0.3 is 16.0 Å². The van der Waals surface area contributed by atoms with E-state index in [1.807, 2.05) is 19.1 Å². The van der Waals surface area contributed by atoms with Crippen LogP contribution in [0.4, 0.5) is 10.2 Å². The van der Waals surface area contributed by atoms with Crippen molar-refractivity contribution >= 4 is 40.0 Å². The van der Waals surface area contributed by atoms with Crippen molar-refractivity contribution in [2.75, 3.05) is 12.8 Å². The Bertz CT molecular complexity index is 1280. The minimum atomic E-state index is -0.381. The zero-order valence-corrected chi connectivity index (χ0v) is 22.2. The molecule has 1 saturated carbocycles. The molecule has 0 amide bonds. The summed E-state index contributed by atoms with van der Waals surface area (Å²) in [7, 11) is 2.30. The summed E-state index contributed by atoms with van der Waals surface area (Å²) in [6.45, 7) is 6.59. The van der Waals surface area contributed by atoms with E-state index in [0.29, 0.717) is 38.4 Å². The summed E-state index contributed by atoms with van der Waals surface area (Å²) in [6, 6.07) is 8.21. The SMILES string of the molecule is C/C=C(\C=N)c1cnc(N)c(-c2cc3c(Cl)ccc(F)c3cn2)c1.CCC(C)C1CC2CC(C1)N2C. The van der Waals surface area contributed by atoms with E-state index in [9.17, 15) is 4.39 Å². The van der Waals surface area contributed by atoms with Gasteiger partial charge in [0.1, 0.15) is 11.6 Å². The molecule has 1 aliphatic carbocycles. The van der Waals surface area contributed by atoms with Crippen LogP contribution < -0.4 is 5.73 Å². The molecule has 2 aromatic heterocycles. The number of aromatic nitrogens is 2. The maximum Gasteiger partial charge on any atom is 0.132 e. The molecule has 36 heavy (non-hydrogen) atoms. The number of rotatable bonds is 5. The van der Waals surface area contributed by atoms with Crippen LogP contribution in [0.3, 0.4) is 0 Å². The number of allylic oxidation sites excluding steroid dienone is 2. The summed E-state index contributed by atoms with van der Waals surface area (Å²) < 4.78 is 13.9. The lowest BCUT2D eigenvalue weighted by molar-refractivity contribution is -0.0428. The van der Waals surface area contributed by atoms with Gasteiger partial charge in [0.2, 0.25) is 0 Å². The molecule has 2 bridgehead atoms. The van der Waals surface area contributed by atoms with Crippen LogP contribution in [-0.4, -0.2) is 40.2 Å². The zero-order valence-electron chi connectivity index (χ0n) is 21.4. The molecule has 3 fully saturated rings. The Kier molecular flexibility index (Phi) is 8.06. The fraction of sp³-hybridized carbons (Fsp3) is 0.414. The fourth-order valence-corrected chi connectivity index (χ4v) is 5.63. The number of nitrogen functional groups attached to an aromatic ring is 1. The third-order valence-corrected chi connectivity index (χ3v) is 8.41. The van der Waals surface area contributed by atoms with Crippen LogP contribution in [0.5, 0.6) is 0 Å². The van der Waals surface area contributed by atoms with E-state index in [1.165, 1.54) is 50.2 Å². The Labute approximate surface area is 218 Å². The van der Waals surface area contributed by atoms with Gasteiger partial charge in [-0.15, -0.1) is 0 Å². The van der Waals surface area contributed by atoms with E-state index in [-0.39, 0.29) is 5.82 Å². The predicted octanol–water partition coefficient (Wildman–Crippen LogP) is 7.24. The molecule has 3 N–H and O–H groups in total. The summed E-state index contributed by atoms with van der Waals surface area (Å²) in [5.41, 5.74) is 8.60. The van der Waals surface area contributed by atoms with Gasteiger partial charge in [-0.25, -0.2) is 9.37 Å². The van der Waals surface area contributed by atoms with E-state index in [1.54, 1.807) is 12.3 Å². The topological polar surface area (TPSA) is 78.9 Å². The number of anilines is 1. The van der Waals surface area contributed by atoms with Crippen LogP contribution in [0.1, 0.15) is 52.0 Å². The van der Waals surface area contributed by atoms with E-state index < -0.39 is 0 Å². The minimum absolute atomic E-state index is 0.304. The molecule has 3 aliphatic rings. The van der Waals surface area contributed by atoms with Gasteiger partial charge in [0, 0.05) is 57.6 Å². The molecular formula is C29H35ClFN5. The molecule has 1 aromatic carbocycles. The minimum Gasteiger partial charge on any atom is -0.383 e. The summed E-state index contributed by atoms with van der Waals surface area (Å²) in [6.07, 6.45) is 11.9. The van der Waals surface area contributed by atoms with E-state index in [0.717, 1.165) is 29.5 Å². The molecule has 190 valence electrons. The quantitative estimate of drug-likeness (QED) is 0.357. The van der Waals surface area contributed by atoms with Crippen LogP contribution >= 0.6 is 11.6 Å². The Hall–Kier alpha value is -2.83. The Morgan fingerprint density at radius 3 is 2.53 bits per heavy atom. The Morgan fingerprint density at radius 1 is 1.19 bits per heavy atom. The second kappa shape index (κ2) is 11.1. The number of pyridine rings is 2. The van der Waals surface area contributed by atoms with Crippen molar-refractivity contribution in [3.63, 3.8) is 0 Å². The number of benzene rings is 1. The smallest absolute Gasteiger partial charge is 0.132 e. The Balaban J connectivity index is 0.000000211. The van der Waals surface area contributed by atoms with Gasteiger partial charge >= 0.3 is 0 Å². The first-order chi connectivity index (χ1) is 17.3. The predicted molar refractivity (Wildman–Crippen MR) is 149 cm³/mol. The van der Waals surface area contributed by atoms with Crippen molar-refractivity contribution in [2.24, 2.45) is 11.8 Å². The lowest BCUT2D eigenvalue weighted by Crippen LogP contribution is -2.59. The van der Waals surface area contributed by atoms with Gasteiger partial charge in [0.05, 0.1) is 5.69 Å². The fourth-order valence-electron chi connectivity index (χ4n) is 5.41. The molecule has 0 radical (unpaired) electrons. The molecule has 4 heterocycles. The van der Waals surface area contributed by atoms with Crippen molar-refractivity contribution < 1.29 is 4.39 Å². The highest BCUT2D eigenvalue weighted by Crippen LogP contribution is 2.43. The van der Waals surface area contributed by atoms with Crippen molar-refractivity contribution in [1.82, 2.24) is 14.9 Å². The Morgan fingerprint density at radius 2 is 1.92 bits per heavy atom. The van der Waals surface area contributed by atoms with Gasteiger partial charge in [-0.2, -0.15) is 0 Å². The van der Waals surface area contributed by atoms with Crippen molar-refractivity contribution in [1.29, 1.82) is 5.41 Å². The highest BCUT2D eigenvalue weighted by Gasteiger charge is 2.43. The largest absolute Gasteiger partial charge is 0.383 e. The van der Waals surface area contributed by atoms with Crippen LogP contribution in [0.25, 0.3) is 27.6 Å². The first-order valence-corrected chi connectivity index (χ1v) is 13.0. The number of nitrogens with zero attached hydrogens (tertiary/aromatic N) is 3. The molecule has 0 spiro atoms. The van der Waals surface area contributed by atoms with Crippen LogP contribution in [0.15, 0.2) is 42.7 Å². The number of fused-ring (bicyclic) bond motifs is 3. The third-order valence-electron chi connectivity index (χ3n) is 8.08. The van der Waals surface area contributed by atoms with Crippen LogP contribution in [-0.2, 0) is 0 Å². The summed E-state index contributed by atoms with van der Waals surface area (Å²) >= 11 is 6.17. The first kappa shape index (κ1) is 26.2. The molecule has 2 aliphatic heterocycles. The number of halogens is 2. The summed E-state index contributed by atoms with van der Waals surface area (Å²) in [4.78, 5) is 11.1. The van der Waals surface area contributed by atoms with Crippen molar-refractivity contribution in [3.05, 3.63) is 59.1 Å². The standard InChI is InChI=1S/C18H14ClFN4.C11H21N/c1-2-10(7-21)11-5-13(18(22)24-8-11)17-6-12-14(9-23-17)16(20)4-3-15(12)19;1-4-8(2)9-5-10-7-11(6-9)12(10)3/h2-9,21H,1H3,(H2,22,24);8-11H,4-7H2,1-3H3/b10-2+,21-7?;. The first-order valence-electron chi connectivity index (χ1n) is 12.7. The van der Waals surface area contributed by atoms with Crippen molar-refractivity contribution in [3.8, 4) is 11.3 Å². The summed E-state index contributed by atoms with van der Waals surface area (Å²) in [5.74, 6) is 1.92. The van der Waals surface area contributed by atoms with Crippen LogP contribution in [0.2, 0.25) is 5.02 Å². The highest BCUT2D eigenvalue weighted by molar-refractivity contribution is 6.35. The lowest BCUT2D eigenvalue weighted by atomic mass is 9.69. The molecule has 3 unspecified atom stereocenters. The normalized spacial score (nSPS) is 22.4. The average molecular weight is 508 g/mol. The number of nitrogens with one attached hydrogen (secondary N) is 1. The van der Waals surface area contributed by atoms with Gasteiger partial charge in [-0.05, 0) is 74.9 Å². The van der Waals surface area contributed by atoms with E-state index in [4.69, 9.17) is 22.7 Å². The monoisotopic (exact) mass is 507 g/mol. The van der Waals surface area contributed by atoms with Gasteiger partial charge in [-0.1, -0.05) is 37.9 Å². The molecular weight excluding hydrogens is 473 g/mol. The summed E-state index contributed by atoms with van der Waals surface area (Å²) in [5, 5.41) is 8.80. The number of piperidine rings is 1. The zero-order chi connectivity index (χ0) is 26.0. The maximum atomic E-state index is 13.9. The van der Waals surface area contributed by atoms with Gasteiger partial charge in [0.15, 0.2) is 0 Å². The highest BCUT2D eigenvalue weighted by atomic mass is 35.5. The van der Waals surface area contributed by atoms with Gasteiger partial charge in [-0.3, -0.25) is 4.98 Å². The average Bonchev–Trinajstić information content (AvgIpc) is 2.91. The lowest BCUT2D eigenvalue weighted by Gasteiger charge is -2.55. The third kappa shape index (κ3) is 5.16. The van der Waals surface area contributed by atoms with Gasteiger partial charge in [0.25, 0.3) is 0 Å².